The number of amides is 2. The molecule has 2 amide bonds. The van der Waals surface area contributed by atoms with Crippen LogP contribution in [0, 0.1) is 5.82 Å². The maximum Gasteiger partial charge on any atom is 0.242 e. The molecule has 0 unspecified atom stereocenters. The summed E-state index contributed by atoms with van der Waals surface area (Å²) in [6.07, 6.45) is 0.727. The maximum absolute atomic E-state index is 12.9. The third kappa shape index (κ3) is 6.78. The molecule has 0 aromatic heterocycles. The van der Waals surface area contributed by atoms with E-state index in [4.69, 9.17) is 4.74 Å². The van der Waals surface area contributed by atoms with Gasteiger partial charge in [0.1, 0.15) is 11.9 Å². The molecule has 0 aliphatic heterocycles. The predicted molar refractivity (Wildman–Crippen MR) is 86.2 cm³/mol. The highest BCUT2D eigenvalue weighted by Gasteiger charge is 2.23. The van der Waals surface area contributed by atoms with Gasteiger partial charge in [0.25, 0.3) is 0 Å². The molecule has 1 aromatic rings. The molecule has 5 nitrogen and oxygen atoms in total. The van der Waals surface area contributed by atoms with Gasteiger partial charge in [0.2, 0.25) is 11.8 Å². The van der Waals surface area contributed by atoms with Crippen molar-refractivity contribution >= 4 is 11.8 Å². The van der Waals surface area contributed by atoms with E-state index in [1.165, 1.54) is 24.0 Å². The summed E-state index contributed by atoms with van der Waals surface area (Å²) in [5.74, 6) is -0.742. The first kappa shape index (κ1) is 19.1. The number of carbonyl (C=O) groups excluding carboxylic acids is 2. The van der Waals surface area contributed by atoms with Crippen molar-refractivity contribution in [3.63, 3.8) is 0 Å². The molecule has 0 heterocycles. The van der Waals surface area contributed by atoms with Crippen molar-refractivity contribution in [3.05, 3.63) is 35.6 Å². The van der Waals surface area contributed by atoms with Crippen LogP contribution in [-0.4, -0.2) is 42.5 Å². The van der Waals surface area contributed by atoms with E-state index < -0.39 is 6.04 Å². The lowest BCUT2D eigenvalue weighted by atomic mass is 10.1. The van der Waals surface area contributed by atoms with Gasteiger partial charge in [-0.25, -0.2) is 4.39 Å². The van der Waals surface area contributed by atoms with Crippen LogP contribution in [-0.2, 0) is 20.9 Å². The zero-order valence-electron chi connectivity index (χ0n) is 14.0. The summed E-state index contributed by atoms with van der Waals surface area (Å²) < 4.78 is 18.1. The van der Waals surface area contributed by atoms with Gasteiger partial charge in [-0.1, -0.05) is 12.1 Å². The van der Waals surface area contributed by atoms with E-state index in [0.717, 1.165) is 12.0 Å². The highest BCUT2D eigenvalue weighted by molar-refractivity contribution is 5.86. The standard InChI is InChI=1S/C17H25FN2O3/c1-4-23-11-5-10-19-17(22)13(2)20(14(3)21)12-15-6-8-16(18)9-7-15/h6-9,13H,4-5,10-12H2,1-3H3,(H,19,22)/t13-/m1/s1. The number of halogens is 1. The van der Waals surface area contributed by atoms with Crippen molar-refractivity contribution in [1.82, 2.24) is 10.2 Å². The predicted octanol–water partition coefficient (Wildman–Crippen LogP) is 2.11. The molecule has 0 bridgehead atoms. The normalized spacial score (nSPS) is 11.8. The van der Waals surface area contributed by atoms with Crippen molar-refractivity contribution < 1.29 is 18.7 Å². The van der Waals surface area contributed by atoms with Crippen LogP contribution in [0.15, 0.2) is 24.3 Å². The van der Waals surface area contributed by atoms with Crippen molar-refractivity contribution in [2.75, 3.05) is 19.8 Å². The van der Waals surface area contributed by atoms with Gasteiger partial charge in [-0.2, -0.15) is 0 Å². The fourth-order valence-electron chi connectivity index (χ4n) is 2.13. The van der Waals surface area contributed by atoms with Crippen LogP contribution in [0.3, 0.4) is 0 Å². The Morgan fingerprint density at radius 2 is 1.96 bits per heavy atom. The fourth-order valence-corrected chi connectivity index (χ4v) is 2.13. The number of hydrogen-bond acceptors (Lipinski definition) is 3. The van der Waals surface area contributed by atoms with Crippen molar-refractivity contribution in [3.8, 4) is 0 Å². The summed E-state index contributed by atoms with van der Waals surface area (Å²) >= 11 is 0. The first-order valence-electron chi connectivity index (χ1n) is 7.82. The van der Waals surface area contributed by atoms with Crippen molar-refractivity contribution in [1.29, 1.82) is 0 Å². The van der Waals surface area contributed by atoms with Crippen molar-refractivity contribution in [2.24, 2.45) is 0 Å². The van der Waals surface area contributed by atoms with E-state index in [9.17, 15) is 14.0 Å². The fraction of sp³-hybridized carbons (Fsp3) is 0.529. The first-order chi connectivity index (χ1) is 11.0. The average molecular weight is 324 g/mol. The number of rotatable bonds is 9. The second kappa shape index (κ2) is 9.94. The van der Waals surface area contributed by atoms with Crippen LogP contribution >= 0.6 is 0 Å². The molecule has 128 valence electrons. The highest BCUT2D eigenvalue weighted by Crippen LogP contribution is 2.10. The summed E-state index contributed by atoms with van der Waals surface area (Å²) in [4.78, 5) is 25.5. The largest absolute Gasteiger partial charge is 0.382 e. The molecule has 1 N–H and O–H groups in total. The minimum atomic E-state index is -0.593. The summed E-state index contributed by atoms with van der Waals surface area (Å²) in [5.41, 5.74) is 0.776. The van der Waals surface area contributed by atoms with Gasteiger partial charge in [0.15, 0.2) is 0 Å². The number of benzene rings is 1. The second-order valence-corrected chi connectivity index (χ2v) is 5.29. The summed E-state index contributed by atoms with van der Waals surface area (Å²) in [5, 5.41) is 2.80. The summed E-state index contributed by atoms with van der Waals surface area (Å²) in [6, 6.07) is 5.30. The molecule has 0 saturated carbocycles. The Morgan fingerprint density at radius 3 is 2.52 bits per heavy atom. The molecular formula is C17H25FN2O3. The van der Waals surface area contributed by atoms with Crippen LogP contribution in [0.1, 0.15) is 32.8 Å². The van der Waals surface area contributed by atoms with Gasteiger partial charge in [0.05, 0.1) is 0 Å². The molecular weight excluding hydrogens is 299 g/mol. The van der Waals surface area contributed by atoms with Gasteiger partial charge in [-0.15, -0.1) is 0 Å². The molecule has 0 radical (unpaired) electrons. The zero-order chi connectivity index (χ0) is 17.2. The smallest absolute Gasteiger partial charge is 0.242 e. The Hall–Kier alpha value is -1.95. The molecule has 6 heteroatoms. The van der Waals surface area contributed by atoms with E-state index in [2.05, 4.69) is 5.32 Å². The Morgan fingerprint density at radius 1 is 1.30 bits per heavy atom. The summed E-state index contributed by atoms with van der Waals surface area (Å²) in [6.45, 7) is 7.04. The minimum Gasteiger partial charge on any atom is -0.382 e. The van der Waals surface area contributed by atoms with Crippen LogP contribution < -0.4 is 5.32 Å². The summed E-state index contributed by atoms with van der Waals surface area (Å²) in [7, 11) is 0. The second-order valence-electron chi connectivity index (χ2n) is 5.29. The van der Waals surface area contributed by atoms with Crippen molar-refractivity contribution in [2.45, 2.75) is 39.8 Å². The molecule has 0 fully saturated rings. The molecule has 1 aromatic carbocycles. The van der Waals surface area contributed by atoms with Gasteiger partial charge in [-0.05, 0) is 38.0 Å². The van der Waals surface area contributed by atoms with Crippen LogP contribution in [0.5, 0.6) is 0 Å². The lowest BCUT2D eigenvalue weighted by Gasteiger charge is -2.27. The van der Waals surface area contributed by atoms with E-state index in [1.54, 1.807) is 19.1 Å². The molecule has 0 aliphatic rings. The Bertz CT molecular complexity index is 505. The molecule has 0 aliphatic carbocycles. The van der Waals surface area contributed by atoms with E-state index in [0.29, 0.717) is 19.8 Å². The number of nitrogens with one attached hydrogen (secondary N) is 1. The third-order valence-corrected chi connectivity index (χ3v) is 3.49. The molecule has 1 rings (SSSR count). The van der Waals surface area contributed by atoms with E-state index >= 15 is 0 Å². The van der Waals surface area contributed by atoms with Crippen LogP contribution in [0.2, 0.25) is 0 Å². The van der Waals surface area contributed by atoms with E-state index in [1.807, 2.05) is 6.92 Å². The van der Waals surface area contributed by atoms with Gasteiger partial charge in [0, 0.05) is 33.2 Å². The highest BCUT2D eigenvalue weighted by atomic mass is 19.1. The number of nitrogens with zero attached hydrogens (tertiary/aromatic N) is 1. The van der Waals surface area contributed by atoms with Gasteiger partial charge >= 0.3 is 0 Å². The Balaban J connectivity index is 2.56. The number of ether oxygens (including phenoxy) is 1. The Kier molecular flexibility index (Phi) is 8.26. The Labute approximate surface area is 136 Å². The van der Waals surface area contributed by atoms with E-state index in [-0.39, 0.29) is 24.2 Å². The molecule has 0 spiro atoms. The average Bonchev–Trinajstić information content (AvgIpc) is 2.53. The quantitative estimate of drug-likeness (QED) is 0.708. The molecule has 23 heavy (non-hydrogen) atoms. The topological polar surface area (TPSA) is 58.6 Å². The molecule has 1 atom stereocenters. The lowest BCUT2D eigenvalue weighted by Crippen LogP contribution is -2.47. The first-order valence-corrected chi connectivity index (χ1v) is 7.82. The maximum atomic E-state index is 12.9. The molecule has 0 saturated heterocycles. The van der Waals surface area contributed by atoms with Gasteiger partial charge < -0.3 is 15.0 Å². The van der Waals surface area contributed by atoms with Crippen LogP contribution in [0.4, 0.5) is 4.39 Å². The SMILES string of the molecule is CCOCCCNC(=O)[C@@H](C)N(Cc1ccc(F)cc1)C(C)=O. The number of carbonyl (C=O) groups is 2. The van der Waals surface area contributed by atoms with Crippen LogP contribution in [0.25, 0.3) is 0 Å². The van der Waals surface area contributed by atoms with Gasteiger partial charge in [-0.3, -0.25) is 9.59 Å². The zero-order valence-corrected chi connectivity index (χ0v) is 14.0. The number of hydrogen-bond donors (Lipinski definition) is 1. The lowest BCUT2D eigenvalue weighted by molar-refractivity contribution is -0.139. The minimum absolute atomic E-state index is 0.203. The monoisotopic (exact) mass is 324 g/mol. The third-order valence-electron chi connectivity index (χ3n) is 3.49.